The van der Waals surface area contributed by atoms with Gasteiger partial charge in [0.15, 0.2) is 0 Å². The zero-order chi connectivity index (χ0) is 23.7. The van der Waals surface area contributed by atoms with Gasteiger partial charge in [-0.1, -0.05) is 29.8 Å². The van der Waals surface area contributed by atoms with E-state index in [0.29, 0.717) is 22.6 Å². The van der Waals surface area contributed by atoms with E-state index < -0.39 is 23.5 Å². The standard InChI is InChI=1S/C25H19ClFN3O3/c1-14-6-7-15(2)20(12-14)30-24(32)21(26)22(25(30)33)28-19-5-3-4-16(13-19)23(31)29-18-10-8-17(27)9-11-18/h3-13,28H,1-2H3,(H,29,31). The Morgan fingerprint density at radius 3 is 2.36 bits per heavy atom. The smallest absolute Gasteiger partial charge is 0.283 e. The molecule has 0 saturated carbocycles. The molecule has 3 amide bonds. The van der Waals surface area contributed by atoms with E-state index in [9.17, 15) is 18.8 Å². The lowest BCUT2D eigenvalue weighted by atomic mass is 10.1. The monoisotopic (exact) mass is 463 g/mol. The van der Waals surface area contributed by atoms with Gasteiger partial charge < -0.3 is 10.6 Å². The quantitative estimate of drug-likeness (QED) is 0.514. The van der Waals surface area contributed by atoms with E-state index in [1.807, 2.05) is 19.1 Å². The third-order valence-electron chi connectivity index (χ3n) is 5.13. The predicted octanol–water partition coefficient (Wildman–Crippen LogP) is 5.13. The van der Waals surface area contributed by atoms with Crippen molar-refractivity contribution in [1.29, 1.82) is 0 Å². The molecule has 3 aromatic rings. The summed E-state index contributed by atoms with van der Waals surface area (Å²) >= 11 is 6.23. The van der Waals surface area contributed by atoms with Gasteiger partial charge in [-0.3, -0.25) is 14.4 Å². The van der Waals surface area contributed by atoms with Crippen LogP contribution >= 0.6 is 11.6 Å². The second kappa shape index (κ2) is 8.88. The Balaban J connectivity index is 1.56. The van der Waals surface area contributed by atoms with Crippen LogP contribution in [-0.2, 0) is 9.59 Å². The van der Waals surface area contributed by atoms with Crippen molar-refractivity contribution in [3.05, 3.63) is 100.0 Å². The lowest BCUT2D eigenvalue weighted by Crippen LogP contribution is -2.33. The molecule has 1 heterocycles. The SMILES string of the molecule is Cc1ccc(C)c(N2C(=O)C(Cl)=C(Nc3cccc(C(=O)Nc4ccc(F)cc4)c3)C2=O)c1. The van der Waals surface area contributed by atoms with Gasteiger partial charge in [-0.25, -0.2) is 9.29 Å². The lowest BCUT2D eigenvalue weighted by Gasteiger charge is -2.18. The molecule has 8 heteroatoms. The number of amides is 3. The summed E-state index contributed by atoms with van der Waals surface area (Å²) in [6.45, 7) is 3.67. The third kappa shape index (κ3) is 4.49. The third-order valence-corrected chi connectivity index (χ3v) is 5.48. The first-order valence-corrected chi connectivity index (χ1v) is 10.4. The van der Waals surface area contributed by atoms with Gasteiger partial charge in [0, 0.05) is 16.9 Å². The Bertz CT molecular complexity index is 1320. The summed E-state index contributed by atoms with van der Waals surface area (Å²) in [5.41, 5.74) is 3.18. The Labute approximate surface area is 194 Å². The van der Waals surface area contributed by atoms with Crippen LogP contribution in [0, 0.1) is 19.7 Å². The molecule has 0 aliphatic carbocycles. The fraction of sp³-hybridized carbons (Fsp3) is 0.0800. The Hall–Kier alpha value is -3.97. The normalized spacial score (nSPS) is 13.5. The van der Waals surface area contributed by atoms with Crippen molar-refractivity contribution in [2.45, 2.75) is 13.8 Å². The number of carbonyl (C=O) groups is 3. The molecular weight excluding hydrogens is 445 g/mol. The highest BCUT2D eigenvalue weighted by Crippen LogP contribution is 2.32. The Morgan fingerprint density at radius 2 is 1.64 bits per heavy atom. The molecule has 1 aliphatic rings. The zero-order valence-electron chi connectivity index (χ0n) is 17.8. The lowest BCUT2D eigenvalue weighted by molar-refractivity contribution is -0.120. The minimum atomic E-state index is -0.622. The van der Waals surface area contributed by atoms with E-state index in [2.05, 4.69) is 10.6 Å². The summed E-state index contributed by atoms with van der Waals surface area (Å²) in [6, 6.07) is 17.2. The van der Waals surface area contributed by atoms with E-state index in [4.69, 9.17) is 11.6 Å². The highest BCUT2D eigenvalue weighted by atomic mass is 35.5. The van der Waals surface area contributed by atoms with Crippen molar-refractivity contribution in [1.82, 2.24) is 0 Å². The van der Waals surface area contributed by atoms with Gasteiger partial charge in [0.05, 0.1) is 5.69 Å². The maximum atomic E-state index is 13.1. The van der Waals surface area contributed by atoms with Crippen molar-refractivity contribution >= 4 is 46.4 Å². The van der Waals surface area contributed by atoms with Crippen LogP contribution in [0.4, 0.5) is 21.5 Å². The highest BCUT2D eigenvalue weighted by Gasteiger charge is 2.39. The van der Waals surface area contributed by atoms with Gasteiger partial charge in [-0.15, -0.1) is 0 Å². The fourth-order valence-electron chi connectivity index (χ4n) is 3.41. The van der Waals surface area contributed by atoms with E-state index in [-0.39, 0.29) is 10.7 Å². The minimum absolute atomic E-state index is 0.0707. The highest BCUT2D eigenvalue weighted by molar-refractivity contribution is 6.53. The fourth-order valence-corrected chi connectivity index (χ4v) is 3.62. The summed E-state index contributed by atoms with van der Waals surface area (Å²) in [4.78, 5) is 39.5. The number of hydrogen-bond acceptors (Lipinski definition) is 4. The minimum Gasteiger partial charge on any atom is -0.350 e. The van der Waals surface area contributed by atoms with Crippen LogP contribution in [-0.4, -0.2) is 17.7 Å². The number of hydrogen-bond donors (Lipinski definition) is 2. The van der Waals surface area contributed by atoms with Crippen LogP contribution in [0.3, 0.4) is 0 Å². The predicted molar refractivity (Wildman–Crippen MR) is 126 cm³/mol. The van der Waals surface area contributed by atoms with Gasteiger partial charge in [-0.2, -0.15) is 0 Å². The summed E-state index contributed by atoms with van der Waals surface area (Å²) < 4.78 is 13.1. The second-order valence-corrected chi connectivity index (χ2v) is 7.97. The number of rotatable bonds is 5. The van der Waals surface area contributed by atoms with Gasteiger partial charge in [0.25, 0.3) is 17.7 Å². The molecule has 6 nitrogen and oxygen atoms in total. The molecule has 2 N–H and O–H groups in total. The first-order chi connectivity index (χ1) is 15.7. The van der Waals surface area contributed by atoms with E-state index in [1.54, 1.807) is 31.2 Å². The molecule has 0 spiro atoms. The number of anilines is 3. The van der Waals surface area contributed by atoms with Crippen molar-refractivity contribution in [2.75, 3.05) is 15.5 Å². The first-order valence-electron chi connectivity index (χ1n) is 10.0. The van der Waals surface area contributed by atoms with Gasteiger partial charge >= 0.3 is 0 Å². The van der Waals surface area contributed by atoms with Crippen molar-refractivity contribution in [3.8, 4) is 0 Å². The average molecular weight is 464 g/mol. The molecule has 166 valence electrons. The molecule has 0 saturated heterocycles. The van der Waals surface area contributed by atoms with E-state index in [1.165, 1.54) is 30.3 Å². The van der Waals surface area contributed by atoms with Crippen LogP contribution in [0.1, 0.15) is 21.5 Å². The Kier molecular flexibility index (Phi) is 5.98. The van der Waals surface area contributed by atoms with Crippen molar-refractivity contribution in [2.24, 2.45) is 0 Å². The molecule has 0 radical (unpaired) electrons. The molecule has 1 aliphatic heterocycles. The molecule has 0 fully saturated rings. The van der Waals surface area contributed by atoms with Crippen LogP contribution < -0.4 is 15.5 Å². The van der Waals surface area contributed by atoms with Crippen molar-refractivity contribution in [3.63, 3.8) is 0 Å². The first kappa shape index (κ1) is 22.2. The van der Waals surface area contributed by atoms with Gasteiger partial charge in [0.2, 0.25) is 0 Å². The number of carbonyl (C=O) groups excluding carboxylic acids is 3. The summed E-state index contributed by atoms with van der Waals surface area (Å²) in [6.07, 6.45) is 0. The number of aryl methyl sites for hydroxylation is 2. The number of nitrogens with one attached hydrogen (secondary N) is 2. The Morgan fingerprint density at radius 1 is 0.909 bits per heavy atom. The number of halogens is 2. The van der Waals surface area contributed by atoms with E-state index in [0.717, 1.165) is 16.0 Å². The maximum Gasteiger partial charge on any atom is 0.283 e. The number of benzene rings is 3. The van der Waals surface area contributed by atoms with Crippen LogP contribution in [0.2, 0.25) is 0 Å². The molecule has 0 bridgehead atoms. The van der Waals surface area contributed by atoms with Crippen molar-refractivity contribution < 1.29 is 18.8 Å². The zero-order valence-corrected chi connectivity index (χ0v) is 18.5. The molecular formula is C25H19ClFN3O3. The van der Waals surface area contributed by atoms with Gasteiger partial charge in [-0.05, 0) is 73.5 Å². The maximum absolute atomic E-state index is 13.1. The molecule has 0 aromatic heterocycles. The summed E-state index contributed by atoms with van der Waals surface area (Å²) in [5.74, 6) is -2.03. The number of imide groups is 1. The number of nitrogens with zero attached hydrogens (tertiary/aromatic N) is 1. The van der Waals surface area contributed by atoms with Gasteiger partial charge in [0.1, 0.15) is 16.5 Å². The van der Waals surface area contributed by atoms with E-state index >= 15 is 0 Å². The van der Waals surface area contributed by atoms with Crippen LogP contribution in [0.25, 0.3) is 0 Å². The molecule has 3 aromatic carbocycles. The molecule has 33 heavy (non-hydrogen) atoms. The largest absolute Gasteiger partial charge is 0.350 e. The topological polar surface area (TPSA) is 78.5 Å². The summed E-state index contributed by atoms with van der Waals surface area (Å²) in [7, 11) is 0. The molecule has 0 unspecified atom stereocenters. The van der Waals surface area contributed by atoms with Crippen LogP contribution in [0.5, 0.6) is 0 Å². The second-order valence-electron chi connectivity index (χ2n) is 7.59. The molecule has 0 atom stereocenters. The van der Waals surface area contributed by atoms with Crippen LogP contribution in [0.15, 0.2) is 77.5 Å². The summed E-state index contributed by atoms with van der Waals surface area (Å²) in [5, 5.41) is 5.31. The molecule has 4 rings (SSSR count). The average Bonchev–Trinajstić information content (AvgIpc) is 3.00.